The second-order valence-corrected chi connectivity index (χ2v) is 3.25. The highest BCUT2D eigenvalue weighted by Gasteiger charge is 2.33. The molecule has 0 radical (unpaired) electrons. The van der Waals surface area contributed by atoms with Crippen LogP contribution in [0, 0.1) is 11.3 Å². The van der Waals surface area contributed by atoms with Crippen LogP contribution < -0.4 is 0 Å². The summed E-state index contributed by atoms with van der Waals surface area (Å²) in [6, 6.07) is 2.30. The predicted octanol–water partition coefficient (Wildman–Crippen LogP) is 2.46. The summed E-state index contributed by atoms with van der Waals surface area (Å²) >= 11 is 0. The standard InChI is InChI=1S/C11H8F3NO3/c1-2-18-10(17)9-6(5-15)3-7(4-8(9)16)11(12,13)14/h3-4,16H,2H2,1H3. The number of ether oxygens (including phenoxy) is 1. The molecule has 1 aromatic rings. The zero-order valence-corrected chi connectivity index (χ0v) is 9.21. The third kappa shape index (κ3) is 2.71. The lowest BCUT2D eigenvalue weighted by Crippen LogP contribution is -2.11. The molecule has 0 unspecified atom stereocenters. The van der Waals surface area contributed by atoms with Crippen LogP contribution in [0.5, 0.6) is 5.75 Å². The van der Waals surface area contributed by atoms with E-state index in [-0.39, 0.29) is 6.61 Å². The number of esters is 1. The molecule has 0 aromatic heterocycles. The Hall–Kier alpha value is -2.23. The van der Waals surface area contributed by atoms with E-state index in [0.717, 1.165) is 0 Å². The van der Waals surface area contributed by atoms with Crippen LogP contribution in [0.3, 0.4) is 0 Å². The zero-order valence-electron chi connectivity index (χ0n) is 9.21. The fourth-order valence-corrected chi connectivity index (χ4v) is 1.30. The molecule has 0 aliphatic heterocycles. The number of benzene rings is 1. The molecule has 0 spiro atoms. The molecular formula is C11H8F3NO3. The molecule has 4 nitrogen and oxygen atoms in total. The van der Waals surface area contributed by atoms with Crippen LogP contribution in [0.4, 0.5) is 13.2 Å². The number of phenols is 1. The molecule has 0 atom stereocenters. The highest BCUT2D eigenvalue weighted by molar-refractivity contribution is 5.95. The average Bonchev–Trinajstić information content (AvgIpc) is 2.26. The van der Waals surface area contributed by atoms with E-state index in [1.165, 1.54) is 13.0 Å². The Labute approximate surface area is 100 Å². The third-order valence-electron chi connectivity index (χ3n) is 2.04. The number of alkyl halides is 3. The molecule has 18 heavy (non-hydrogen) atoms. The van der Waals surface area contributed by atoms with Crippen molar-refractivity contribution < 1.29 is 27.8 Å². The summed E-state index contributed by atoms with van der Waals surface area (Å²) in [6.45, 7) is 1.47. The lowest BCUT2D eigenvalue weighted by atomic mass is 10.0. The maximum Gasteiger partial charge on any atom is 0.416 e. The molecule has 1 aromatic carbocycles. The van der Waals surface area contributed by atoms with Gasteiger partial charge in [0, 0.05) is 0 Å². The molecule has 96 valence electrons. The Bertz CT molecular complexity index is 517. The Morgan fingerprint density at radius 2 is 2.11 bits per heavy atom. The van der Waals surface area contributed by atoms with Gasteiger partial charge in [-0.3, -0.25) is 0 Å². The molecule has 7 heteroatoms. The lowest BCUT2D eigenvalue weighted by molar-refractivity contribution is -0.137. The van der Waals surface area contributed by atoms with Crippen LogP contribution in [0.2, 0.25) is 0 Å². The van der Waals surface area contributed by atoms with Crippen molar-refractivity contribution in [2.75, 3.05) is 6.61 Å². The maximum absolute atomic E-state index is 12.4. The van der Waals surface area contributed by atoms with E-state index >= 15 is 0 Å². The molecular weight excluding hydrogens is 251 g/mol. The van der Waals surface area contributed by atoms with Crippen molar-refractivity contribution in [3.8, 4) is 11.8 Å². The van der Waals surface area contributed by atoms with Crippen LogP contribution in [-0.4, -0.2) is 17.7 Å². The molecule has 0 saturated heterocycles. The highest BCUT2D eigenvalue weighted by atomic mass is 19.4. The van der Waals surface area contributed by atoms with Gasteiger partial charge in [0.15, 0.2) is 0 Å². The van der Waals surface area contributed by atoms with E-state index in [9.17, 15) is 23.1 Å². The Morgan fingerprint density at radius 3 is 2.56 bits per heavy atom. The summed E-state index contributed by atoms with van der Waals surface area (Å²) in [4.78, 5) is 11.4. The van der Waals surface area contributed by atoms with E-state index in [2.05, 4.69) is 4.74 Å². The number of nitrogens with zero attached hydrogens (tertiary/aromatic N) is 1. The SMILES string of the molecule is CCOC(=O)c1c(O)cc(C(F)(F)F)cc1C#N. The first-order valence-electron chi connectivity index (χ1n) is 4.82. The Morgan fingerprint density at radius 1 is 1.50 bits per heavy atom. The van der Waals surface area contributed by atoms with Gasteiger partial charge in [0.05, 0.1) is 17.7 Å². The third-order valence-corrected chi connectivity index (χ3v) is 2.04. The number of phenolic OH excluding ortho intramolecular Hbond substituents is 1. The summed E-state index contributed by atoms with van der Waals surface area (Å²) in [6.07, 6.45) is -4.71. The van der Waals surface area contributed by atoms with Crippen molar-refractivity contribution in [2.45, 2.75) is 13.1 Å². The first kappa shape index (κ1) is 13.8. The van der Waals surface area contributed by atoms with Gasteiger partial charge in [0.2, 0.25) is 0 Å². The van der Waals surface area contributed by atoms with Crippen LogP contribution in [0.1, 0.15) is 28.4 Å². The topological polar surface area (TPSA) is 70.3 Å². The van der Waals surface area contributed by atoms with Gasteiger partial charge in [-0.2, -0.15) is 18.4 Å². The van der Waals surface area contributed by atoms with Crippen molar-refractivity contribution in [2.24, 2.45) is 0 Å². The van der Waals surface area contributed by atoms with E-state index in [0.29, 0.717) is 12.1 Å². The summed E-state index contributed by atoms with van der Waals surface area (Å²) in [5, 5.41) is 18.1. The van der Waals surface area contributed by atoms with Crippen LogP contribution in [0.25, 0.3) is 0 Å². The number of carbonyl (C=O) groups excluding carboxylic acids is 1. The van der Waals surface area contributed by atoms with Gasteiger partial charge in [0.25, 0.3) is 0 Å². The number of rotatable bonds is 2. The van der Waals surface area contributed by atoms with Crippen molar-refractivity contribution in [1.82, 2.24) is 0 Å². The first-order valence-corrected chi connectivity index (χ1v) is 4.82. The van der Waals surface area contributed by atoms with Gasteiger partial charge >= 0.3 is 12.1 Å². The summed E-state index contributed by atoms with van der Waals surface area (Å²) < 4.78 is 41.8. The van der Waals surface area contributed by atoms with Gasteiger partial charge in [-0.15, -0.1) is 0 Å². The zero-order chi connectivity index (χ0) is 13.9. The fourth-order valence-electron chi connectivity index (χ4n) is 1.30. The van der Waals surface area contributed by atoms with Gasteiger partial charge < -0.3 is 9.84 Å². The number of hydrogen-bond acceptors (Lipinski definition) is 4. The number of carbonyl (C=O) groups is 1. The number of nitriles is 1. The van der Waals surface area contributed by atoms with Crippen molar-refractivity contribution in [3.05, 3.63) is 28.8 Å². The minimum Gasteiger partial charge on any atom is -0.507 e. The fraction of sp³-hybridized carbons (Fsp3) is 0.273. The monoisotopic (exact) mass is 259 g/mol. The predicted molar refractivity (Wildman–Crippen MR) is 53.8 cm³/mol. The molecule has 0 amide bonds. The smallest absolute Gasteiger partial charge is 0.416 e. The molecule has 0 aliphatic rings. The van der Waals surface area contributed by atoms with Gasteiger partial charge in [-0.25, -0.2) is 4.79 Å². The van der Waals surface area contributed by atoms with E-state index < -0.39 is 34.6 Å². The van der Waals surface area contributed by atoms with Gasteiger partial charge in [0.1, 0.15) is 17.4 Å². The van der Waals surface area contributed by atoms with Crippen LogP contribution in [-0.2, 0) is 10.9 Å². The largest absolute Gasteiger partial charge is 0.507 e. The lowest BCUT2D eigenvalue weighted by Gasteiger charge is -2.11. The molecule has 1 N–H and O–H groups in total. The quantitative estimate of drug-likeness (QED) is 0.828. The molecule has 0 fully saturated rings. The van der Waals surface area contributed by atoms with E-state index in [4.69, 9.17) is 5.26 Å². The normalized spacial score (nSPS) is 10.8. The van der Waals surface area contributed by atoms with Crippen molar-refractivity contribution in [1.29, 1.82) is 5.26 Å². The second-order valence-electron chi connectivity index (χ2n) is 3.25. The molecule has 0 aliphatic carbocycles. The van der Waals surface area contributed by atoms with E-state index in [1.807, 2.05) is 0 Å². The molecule has 1 rings (SSSR count). The van der Waals surface area contributed by atoms with Crippen molar-refractivity contribution >= 4 is 5.97 Å². The second kappa shape index (κ2) is 4.96. The first-order chi connectivity index (χ1) is 8.31. The molecule has 0 heterocycles. The van der Waals surface area contributed by atoms with Gasteiger partial charge in [-0.1, -0.05) is 0 Å². The summed E-state index contributed by atoms with van der Waals surface area (Å²) in [7, 11) is 0. The van der Waals surface area contributed by atoms with Crippen molar-refractivity contribution in [3.63, 3.8) is 0 Å². The van der Waals surface area contributed by atoms with Crippen LogP contribution in [0.15, 0.2) is 12.1 Å². The Kier molecular flexibility index (Phi) is 3.81. The number of hydrogen-bond donors (Lipinski definition) is 1. The number of aromatic hydroxyl groups is 1. The summed E-state index contributed by atoms with van der Waals surface area (Å²) in [5.74, 6) is -1.97. The summed E-state index contributed by atoms with van der Waals surface area (Å²) in [5.41, 5.74) is -2.35. The molecule has 0 bridgehead atoms. The van der Waals surface area contributed by atoms with E-state index in [1.54, 1.807) is 0 Å². The molecule has 0 saturated carbocycles. The minimum atomic E-state index is -4.71. The number of halogens is 3. The Balaban J connectivity index is 3.39. The van der Waals surface area contributed by atoms with Gasteiger partial charge in [-0.05, 0) is 19.1 Å². The van der Waals surface area contributed by atoms with Crippen LogP contribution >= 0.6 is 0 Å². The highest BCUT2D eigenvalue weighted by Crippen LogP contribution is 2.34. The minimum absolute atomic E-state index is 0.0236. The maximum atomic E-state index is 12.4. The average molecular weight is 259 g/mol.